The van der Waals surface area contributed by atoms with Gasteiger partial charge in [-0.25, -0.2) is 4.98 Å². The Morgan fingerprint density at radius 1 is 1.11 bits per heavy atom. The summed E-state index contributed by atoms with van der Waals surface area (Å²) in [5.74, 6) is 3.16. The number of H-pyrrole nitrogens is 1. The molecule has 28 heavy (non-hydrogen) atoms. The molecule has 1 aromatic heterocycles. The van der Waals surface area contributed by atoms with Gasteiger partial charge in [0.15, 0.2) is 0 Å². The fourth-order valence-corrected chi connectivity index (χ4v) is 3.19. The maximum atomic E-state index is 11.6. The van der Waals surface area contributed by atoms with Gasteiger partial charge in [-0.1, -0.05) is 6.92 Å². The van der Waals surface area contributed by atoms with Crippen LogP contribution in [0.15, 0.2) is 64.4 Å². The number of benzene rings is 2. The first kappa shape index (κ1) is 20.0. The van der Waals surface area contributed by atoms with Gasteiger partial charge >= 0.3 is 0 Å². The van der Waals surface area contributed by atoms with Crippen LogP contribution in [0.25, 0.3) is 11.4 Å². The molecule has 0 radical (unpaired) electrons. The van der Waals surface area contributed by atoms with E-state index in [1.165, 1.54) is 17.2 Å². The molecule has 0 amide bonds. The molecule has 146 valence electrons. The second kappa shape index (κ2) is 9.43. The lowest BCUT2D eigenvalue weighted by Gasteiger charge is -2.15. The molecule has 7 heteroatoms. The summed E-state index contributed by atoms with van der Waals surface area (Å²) in [5.41, 5.74) is 0.403. The van der Waals surface area contributed by atoms with Crippen molar-refractivity contribution in [3.8, 4) is 28.6 Å². The number of aromatic nitrogens is 2. The van der Waals surface area contributed by atoms with Crippen molar-refractivity contribution in [2.24, 2.45) is 0 Å². The van der Waals surface area contributed by atoms with E-state index in [2.05, 4.69) is 16.9 Å². The van der Waals surface area contributed by atoms with Crippen LogP contribution in [0.1, 0.15) is 13.8 Å². The first-order valence-corrected chi connectivity index (χ1v) is 9.95. The highest BCUT2D eigenvalue weighted by Crippen LogP contribution is 2.32. The lowest BCUT2D eigenvalue weighted by atomic mass is 10.2. The topological polar surface area (TPSA) is 84.4 Å². The molecule has 1 heterocycles. The van der Waals surface area contributed by atoms with Crippen LogP contribution in [-0.2, 0) is 0 Å². The number of hydrogen-bond donors (Lipinski definition) is 2. The van der Waals surface area contributed by atoms with Crippen molar-refractivity contribution in [3.63, 3.8) is 0 Å². The number of aromatic amines is 1. The van der Waals surface area contributed by atoms with Gasteiger partial charge in [0.2, 0.25) is 0 Å². The molecule has 0 bridgehead atoms. The number of aliphatic hydroxyl groups excluding tert-OH is 1. The summed E-state index contributed by atoms with van der Waals surface area (Å²) >= 11 is 1.76. The van der Waals surface area contributed by atoms with Gasteiger partial charge in [0, 0.05) is 28.8 Å². The summed E-state index contributed by atoms with van der Waals surface area (Å²) < 4.78 is 11.7. The molecular weight excluding hydrogens is 376 g/mol. The zero-order chi connectivity index (χ0) is 19.9. The molecule has 1 atom stereocenters. The van der Waals surface area contributed by atoms with Crippen LogP contribution in [0, 0.1) is 0 Å². The molecule has 0 aliphatic heterocycles. The average Bonchev–Trinajstić information content (AvgIpc) is 2.69. The zero-order valence-electron chi connectivity index (χ0n) is 15.7. The highest BCUT2D eigenvalue weighted by atomic mass is 32.2. The van der Waals surface area contributed by atoms with Crippen LogP contribution in [-0.4, -0.2) is 33.5 Å². The Balaban J connectivity index is 1.93. The minimum Gasteiger partial charge on any atom is -0.488 e. The standard InChI is InChI=1S/C21H22N2O4S/c1-3-28-19-6-4-16(5-7-19)27-18-11-15(21-22-9-8-20(25)23-21)10-17(12-18)26-14(2)13-24/h4-12,14,24H,3,13H2,1-2H3,(H,22,23,25). The smallest absolute Gasteiger partial charge is 0.251 e. The third kappa shape index (κ3) is 5.37. The largest absolute Gasteiger partial charge is 0.488 e. The summed E-state index contributed by atoms with van der Waals surface area (Å²) in [6.07, 6.45) is 1.07. The van der Waals surface area contributed by atoms with E-state index in [0.717, 1.165) is 5.75 Å². The monoisotopic (exact) mass is 398 g/mol. The Kier molecular flexibility index (Phi) is 6.73. The molecule has 3 aromatic rings. The number of ether oxygens (including phenoxy) is 2. The molecule has 2 aromatic carbocycles. The second-order valence-electron chi connectivity index (χ2n) is 6.09. The van der Waals surface area contributed by atoms with Gasteiger partial charge in [-0.3, -0.25) is 4.79 Å². The van der Waals surface area contributed by atoms with Gasteiger partial charge in [-0.15, -0.1) is 11.8 Å². The predicted octanol–water partition coefficient (Wildman–Crippen LogP) is 4.10. The van der Waals surface area contributed by atoms with Gasteiger partial charge in [0.05, 0.1) is 6.61 Å². The van der Waals surface area contributed by atoms with Crippen molar-refractivity contribution in [2.45, 2.75) is 24.8 Å². The van der Waals surface area contributed by atoms with E-state index < -0.39 is 0 Å². The Morgan fingerprint density at radius 2 is 1.86 bits per heavy atom. The van der Waals surface area contributed by atoms with Gasteiger partial charge in [-0.2, -0.15) is 0 Å². The SMILES string of the molecule is CCSc1ccc(Oc2cc(OC(C)CO)cc(-c3nccc(=O)[nH]3)c2)cc1. The fourth-order valence-electron chi connectivity index (χ4n) is 2.53. The Labute approximate surface area is 167 Å². The van der Waals surface area contributed by atoms with E-state index in [1.807, 2.05) is 24.3 Å². The van der Waals surface area contributed by atoms with Crippen molar-refractivity contribution in [1.29, 1.82) is 0 Å². The van der Waals surface area contributed by atoms with Gasteiger partial charge in [0.25, 0.3) is 5.56 Å². The van der Waals surface area contributed by atoms with Crippen molar-refractivity contribution in [2.75, 3.05) is 12.4 Å². The lowest BCUT2D eigenvalue weighted by molar-refractivity contribution is 0.129. The van der Waals surface area contributed by atoms with E-state index in [-0.39, 0.29) is 18.3 Å². The predicted molar refractivity (Wildman–Crippen MR) is 110 cm³/mol. The fraction of sp³-hybridized carbons (Fsp3) is 0.238. The van der Waals surface area contributed by atoms with Crippen molar-refractivity contribution in [3.05, 3.63) is 65.1 Å². The third-order valence-corrected chi connectivity index (χ3v) is 4.68. The third-order valence-electron chi connectivity index (χ3n) is 3.79. The zero-order valence-corrected chi connectivity index (χ0v) is 16.5. The Hall–Kier alpha value is -2.77. The number of nitrogens with one attached hydrogen (secondary N) is 1. The maximum absolute atomic E-state index is 11.6. The summed E-state index contributed by atoms with van der Waals surface area (Å²) in [4.78, 5) is 19.7. The van der Waals surface area contributed by atoms with Gasteiger partial charge < -0.3 is 19.6 Å². The number of thioether (sulfide) groups is 1. The van der Waals surface area contributed by atoms with Crippen LogP contribution in [0.4, 0.5) is 0 Å². The first-order chi connectivity index (χ1) is 13.6. The summed E-state index contributed by atoms with van der Waals surface area (Å²) in [5, 5.41) is 9.27. The van der Waals surface area contributed by atoms with Crippen molar-refractivity contribution >= 4 is 11.8 Å². The molecule has 0 fully saturated rings. The Bertz CT molecular complexity index is 973. The lowest BCUT2D eigenvalue weighted by Crippen LogP contribution is -2.16. The van der Waals surface area contributed by atoms with Gasteiger partial charge in [-0.05, 0) is 49.1 Å². The van der Waals surface area contributed by atoms with E-state index in [9.17, 15) is 9.90 Å². The number of aliphatic hydroxyl groups is 1. The average molecular weight is 398 g/mol. The van der Waals surface area contributed by atoms with Crippen molar-refractivity contribution < 1.29 is 14.6 Å². The quantitative estimate of drug-likeness (QED) is 0.556. The van der Waals surface area contributed by atoms with Gasteiger partial charge in [0.1, 0.15) is 29.2 Å². The van der Waals surface area contributed by atoms with Crippen LogP contribution >= 0.6 is 11.8 Å². The number of hydrogen-bond acceptors (Lipinski definition) is 6. The molecular formula is C21H22N2O4S. The summed E-state index contributed by atoms with van der Waals surface area (Å²) in [7, 11) is 0. The highest BCUT2D eigenvalue weighted by molar-refractivity contribution is 7.99. The van der Waals surface area contributed by atoms with E-state index in [0.29, 0.717) is 28.6 Å². The molecule has 6 nitrogen and oxygen atoms in total. The molecule has 0 aliphatic carbocycles. The number of nitrogens with zero attached hydrogens (tertiary/aromatic N) is 1. The van der Waals surface area contributed by atoms with Crippen LogP contribution in [0.2, 0.25) is 0 Å². The molecule has 0 saturated heterocycles. The van der Waals surface area contributed by atoms with Crippen molar-refractivity contribution in [1.82, 2.24) is 9.97 Å². The molecule has 1 unspecified atom stereocenters. The number of rotatable bonds is 8. The van der Waals surface area contributed by atoms with E-state index in [4.69, 9.17) is 9.47 Å². The van der Waals surface area contributed by atoms with Crippen LogP contribution in [0.3, 0.4) is 0 Å². The minimum atomic E-state index is -0.378. The molecule has 3 rings (SSSR count). The molecule has 0 aliphatic rings. The highest BCUT2D eigenvalue weighted by Gasteiger charge is 2.10. The molecule has 2 N–H and O–H groups in total. The summed E-state index contributed by atoms with van der Waals surface area (Å²) in [6.45, 7) is 3.76. The molecule has 0 spiro atoms. The molecule has 0 saturated carbocycles. The first-order valence-electron chi connectivity index (χ1n) is 8.96. The van der Waals surface area contributed by atoms with Crippen LogP contribution < -0.4 is 15.0 Å². The van der Waals surface area contributed by atoms with E-state index in [1.54, 1.807) is 36.9 Å². The maximum Gasteiger partial charge on any atom is 0.251 e. The minimum absolute atomic E-state index is 0.114. The second-order valence-corrected chi connectivity index (χ2v) is 7.43. The summed E-state index contributed by atoms with van der Waals surface area (Å²) in [6, 6.07) is 14.5. The van der Waals surface area contributed by atoms with Crippen LogP contribution in [0.5, 0.6) is 17.2 Å². The Morgan fingerprint density at radius 3 is 2.54 bits per heavy atom. The normalized spacial score (nSPS) is 11.8. The van der Waals surface area contributed by atoms with E-state index >= 15 is 0 Å².